The van der Waals surface area contributed by atoms with Crippen molar-refractivity contribution < 1.29 is 9.11 Å². The number of hydrogen-bond acceptors (Lipinski definition) is 4. The van der Waals surface area contributed by atoms with Crippen LogP contribution in [0.5, 0.6) is 0 Å². The van der Waals surface area contributed by atoms with Crippen LogP contribution >= 0.6 is 10.6 Å². The molecule has 0 saturated heterocycles. The maximum Gasteiger partial charge on any atom is 0.132 e. The average Bonchev–Trinajstić information content (AvgIpc) is 2.31. The number of nitrogens with one attached hydrogen (secondary N) is 1. The molecule has 0 bridgehead atoms. The summed E-state index contributed by atoms with van der Waals surface area (Å²) in [5.41, 5.74) is 0.927. The number of rotatable bonds is 2. The molecule has 0 fully saturated rings. The fourth-order valence-corrected chi connectivity index (χ4v) is 3.07. The fourth-order valence-electron chi connectivity index (χ4n) is 1.62. The highest BCUT2D eigenvalue weighted by Gasteiger charge is 2.22. The van der Waals surface area contributed by atoms with Crippen molar-refractivity contribution >= 4 is 15.6 Å². The van der Waals surface area contributed by atoms with E-state index in [1.165, 1.54) is 0 Å². The Morgan fingerprint density at radius 2 is 2.00 bits per heavy atom. The quantitative estimate of drug-likeness (QED) is 0.740. The van der Waals surface area contributed by atoms with Crippen LogP contribution in [0.2, 0.25) is 0 Å². The number of hydrogen-bond donors (Lipinski definition) is 3. The van der Waals surface area contributed by atoms with E-state index in [2.05, 4.69) is 10.3 Å². The second-order valence-corrected chi connectivity index (χ2v) is 5.84. The predicted octanol–water partition coefficient (Wildman–Crippen LogP) is 1.94. The molecule has 0 radical (unpaired) electrons. The van der Waals surface area contributed by atoms with Gasteiger partial charge in [-0.3, -0.25) is 14.1 Å². The molecule has 1 aromatic carbocycles. The summed E-state index contributed by atoms with van der Waals surface area (Å²) < 4.78 is 20.1. The summed E-state index contributed by atoms with van der Waals surface area (Å²) in [5.74, 6) is 0.258. The van der Waals surface area contributed by atoms with Gasteiger partial charge in [-0.15, -0.1) is 0 Å². The van der Waals surface area contributed by atoms with Crippen LogP contribution < -0.4 is 5.32 Å². The van der Waals surface area contributed by atoms with Crippen molar-refractivity contribution in [2.75, 3.05) is 19.6 Å². The Kier molecular flexibility index (Phi) is 3.60. The molecule has 1 aliphatic heterocycles. The van der Waals surface area contributed by atoms with Crippen LogP contribution in [0.3, 0.4) is 0 Å². The van der Waals surface area contributed by atoms with Gasteiger partial charge in [0.25, 0.3) is 0 Å². The summed E-state index contributed by atoms with van der Waals surface area (Å²) in [4.78, 5) is 4.19. The Hall–Kier alpha value is -0.880. The van der Waals surface area contributed by atoms with Gasteiger partial charge in [-0.05, 0) is 5.56 Å². The molecule has 1 aromatic rings. The van der Waals surface area contributed by atoms with Crippen LogP contribution in [-0.2, 0) is 5.75 Å². The SMILES string of the molecule is OS(O)(Cc1ccccc1)C1=NCCNC1. The largest absolute Gasteiger partial charge is 0.308 e. The minimum absolute atomic E-state index is 0.258. The summed E-state index contributed by atoms with van der Waals surface area (Å²) in [6, 6.07) is 9.49. The average molecular weight is 240 g/mol. The highest BCUT2D eigenvalue weighted by Crippen LogP contribution is 2.44. The van der Waals surface area contributed by atoms with Gasteiger partial charge in [0.15, 0.2) is 0 Å². The molecule has 0 amide bonds. The Morgan fingerprint density at radius 1 is 1.25 bits per heavy atom. The monoisotopic (exact) mass is 240 g/mol. The van der Waals surface area contributed by atoms with Gasteiger partial charge in [0.1, 0.15) is 5.04 Å². The maximum absolute atomic E-state index is 10.1. The first-order chi connectivity index (χ1) is 7.68. The van der Waals surface area contributed by atoms with E-state index in [0.717, 1.165) is 12.1 Å². The van der Waals surface area contributed by atoms with Crippen LogP contribution in [0.25, 0.3) is 0 Å². The van der Waals surface area contributed by atoms with Gasteiger partial charge in [0, 0.05) is 6.54 Å². The second kappa shape index (κ2) is 4.97. The van der Waals surface area contributed by atoms with Gasteiger partial charge in [-0.1, -0.05) is 30.3 Å². The first kappa shape index (κ1) is 11.6. The molecule has 0 aromatic heterocycles. The second-order valence-electron chi connectivity index (χ2n) is 3.75. The van der Waals surface area contributed by atoms with Crippen LogP contribution in [0.4, 0.5) is 0 Å². The van der Waals surface area contributed by atoms with Gasteiger partial charge < -0.3 is 5.32 Å². The van der Waals surface area contributed by atoms with Crippen LogP contribution in [-0.4, -0.2) is 33.8 Å². The topological polar surface area (TPSA) is 64.8 Å². The molecule has 1 heterocycles. The number of benzene rings is 1. The van der Waals surface area contributed by atoms with E-state index in [4.69, 9.17) is 0 Å². The first-order valence-electron chi connectivity index (χ1n) is 5.22. The molecular formula is C11H16N2O2S. The van der Waals surface area contributed by atoms with E-state index in [1.54, 1.807) is 0 Å². The third-order valence-corrected chi connectivity index (χ3v) is 4.21. The Balaban J connectivity index is 2.10. The molecule has 0 saturated carbocycles. The number of aliphatic imine (C=N–C) groups is 1. The van der Waals surface area contributed by atoms with Gasteiger partial charge >= 0.3 is 0 Å². The number of nitrogens with zero attached hydrogens (tertiary/aromatic N) is 1. The van der Waals surface area contributed by atoms with E-state index >= 15 is 0 Å². The van der Waals surface area contributed by atoms with Crippen molar-refractivity contribution in [2.24, 2.45) is 4.99 Å². The van der Waals surface area contributed by atoms with Gasteiger partial charge in [0.2, 0.25) is 0 Å². The molecule has 0 aliphatic carbocycles. The van der Waals surface area contributed by atoms with Crippen molar-refractivity contribution in [3.63, 3.8) is 0 Å². The molecule has 2 rings (SSSR count). The lowest BCUT2D eigenvalue weighted by Gasteiger charge is -2.35. The lowest BCUT2D eigenvalue weighted by Crippen LogP contribution is -2.34. The zero-order valence-corrected chi connectivity index (χ0v) is 9.78. The molecule has 5 heteroatoms. The molecular weight excluding hydrogens is 224 g/mol. The van der Waals surface area contributed by atoms with E-state index in [0.29, 0.717) is 18.1 Å². The minimum atomic E-state index is -2.75. The third-order valence-electron chi connectivity index (χ3n) is 2.44. The van der Waals surface area contributed by atoms with Crippen molar-refractivity contribution in [1.29, 1.82) is 0 Å². The first-order valence-corrected chi connectivity index (χ1v) is 6.94. The summed E-state index contributed by atoms with van der Waals surface area (Å²) >= 11 is 0. The Labute approximate surface area is 96.8 Å². The smallest absolute Gasteiger partial charge is 0.132 e. The maximum atomic E-state index is 10.1. The van der Waals surface area contributed by atoms with E-state index in [1.807, 2.05) is 30.3 Å². The fraction of sp³-hybridized carbons (Fsp3) is 0.364. The summed E-state index contributed by atoms with van der Waals surface area (Å²) in [5, 5.41) is 3.60. The molecule has 0 spiro atoms. The van der Waals surface area contributed by atoms with Gasteiger partial charge in [0.05, 0.1) is 18.8 Å². The van der Waals surface area contributed by atoms with Crippen LogP contribution in [0, 0.1) is 0 Å². The van der Waals surface area contributed by atoms with Gasteiger partial charge in [-0.25, -0.2) is 0 Å². The summed E-state index contributed by atoms with van der Waals surface area (Å²) in [6.07, 6.45) is 0. The lowest BCUT2D eigenvalue weighted by molar-refractivity contribution is 0.500. The zero-order chi connectivity index (χ0) is 11.4. The third kappa shape index (κ3) is 2.82. The highest BCUT2D eigenvalue weighted by atomic mass is 32.3. The van der Waals surface area contributed by atoms with E-state index < -0.39 is 10.6 Å². The van der Waals surface area contributed by atoms with Crippen molar-refractivity contribution in [3.05, 3.63) is 35.9 Å². The molecule has 88 valence electrons. The summed E-state index contributed by atoms with van der Waals surface area (Å²) in [6.45, 7) is 1.92. The predicted molar refractivity (Wildman–Crippen MR) is 68.2 cm³/mol. The molecule has 4 nitrogen and oxygen atoms in total. The summed E-state index contributed by atoms with van der Waals surface area (Å²) in [7, 11) is -2.75. The lowest BCUT2D eigenvalue weighted by atomic mass is 10.2. The van der Waals surface area contributed by atoms with E-state index in [9.17, 15) is 9.11 Å². The zero-order valence-electron chi connectivity index (χ0n) is 8.97. The molecule has 0 atom stereocenters. The van der Waals surface area contributed by atoms with Gasteiger partial charge in [-0.2, -0.15) is 10.6 Å². The molecule has 1 aliphatic rings. The van der Waals surface area contributed by atoms with Crippen LogP contribution in [0.1, 0.15) is 5.56 Å². The molecule has 16 heavy (non-hydrogen) atoms. The van der Waals surface area contributed by atoms with E-state index in [-0.39, 0.29) is 5.75 Å². The minimum Gasteiger partial charge on any atom is -0.308 e. The highest BCUT2D eigenvalue weighted by molar-refractivity contribution is 8.36. The Bertz CT molecular complexity index is 379. The van der Waals surface area contributed by atoms with Crippen molar-refractivity contribution in [1.82, 2.24) is 5.32 Å². The molecule has 0 unspecified atom stereocenters. The Morgan fingerprint density at radius 3 is 2.62 bits per heavy atom. The van der Waals surface area contributed by atoms with Crippen molar-refractivity contribution in [3.8, 4) is 0 Å². The molecule has 3 N–H and O–H groups in total. The van der Waals surface area contributed by atoms with Crippen molar-refractivity contribution in [2.45, 2.75) is 5.75 Å². The normalized spacial score (nSPS) is 18.0. The van der Waals surface area contributed by atoms with Crippen LogP contribution in [0.15, 0.2) is 35.3 Å². The standard InChI is InChI=1S/C11H16N2O2S/c14-16(15,11-8-12-6-7-13-11)9-10-4-2-1-3-5-10/h1-5,12,14-15H,6-9H2.